The van der Waals surface area contributed by atoms with Gasteiger partial charge >= 0.3 is 0 Å². The fourth-order valence-electron chi connectivity index (χ4n) is 4.37. The highest BCUT2D eigenvalue weighted by atomic mass is 127. The van der Waals surface area contributed by atoms with Gasteiger partial charge in [0.25, 0.3) is 0 Å². The molecule has 3 rings (SSSR count). The number of nitrogen functional groups attached to an aromatic ring is 2. The molecule has 3 aromatic rings. The molecule has 0 aliphatic carbocycles. The number of anilines is 2. The van der Waals surface area contributed by atoms with Crippen molar-refractivity contribution in [2.75, 3.05) is 16.4 Å². The molecule has 0 unspecified atom stereocenters. The quantitative estimate of drug-likeness (QED) is 0.0405. The zero-order valence-corrected chi connectivity index (χ0v) is 32.5. The van der Waals surface area contributed by atoms with Gasteiger partial charge in [0, 0.05) is 11.4 Å². The molecule has 0 saturated heterocycles. The molecule has 0 amide bonds. The predicted octanol–water partition coefficient (Wildman–Crippen LogP) is 13.4. The van der Waals surface area contributed by atoms with Crippen LogP contribution in [0.3, 0.4) is 0 Å². The number of benzene rings is 3. The number of aryl methyl sites for hydroxylation is 1. The van der Waals surface area contributed by atoms with E-state index in [2.05, 4.69) is 93.6 Å². The Kier molecular flexibility index (Phi) is 23.8. The highest BCUT2D eigenvalue weighted by Crippen LogP contribution is 2.26. The summed E-state index contributed by atoms with van der Waals surface area (Å²) in [6, 6.07) is 22.3. The number of rotatable bonds is 15. The van der Waals surface area contributed by atoms with Crippen LogP contribution in [0.5, 0.6) is 5.75 Å². The van der Waals surface area contributed by atoms with Crippen molar-refractivity contribution in [1.29, 1.82) is 0 Å². The van der Waals surface area contributed by atoms with Crippen LogP contribution in [-0.2, 0) is 6.42 Å². The van der Waals surface area contributed by atoms with E-state index in [1.54, 1.807) is 12.1 Å². The molecular weight excluding hydrogens is 699 g/mol. The van der Waals surface area contributed by atoms with Crippen molar-refractivity contribution >= 4 is 45.1 Å². The highest BCUT2D eigenvalue weighted by molar-refractivity contribution is 14.1. The third-order valence-electron chi connectivity index (χ3n) is 6.98. The van der Waals surface area contributed by atoms with Crippen LogP contribution in [0, 0.1) is 0 Å². The van der Waals surface area contributed by atoms with Crippen LogP contribution >= 0.6 is 22.6 Å². The monoisotopic (exact) mass is 758 g/mol. The van der Waals surface area contributed by atoms with Gasteiger partial charge in [-0.05, 0) is 121 Å². The van der Waals surface area contributed by atoms with Gasteiger partial charge < -0.3 is 16.2 Å². The molecule has 0 heterocycles. The van der Waals surface area contributed by atoms with Gasteiger partial charge in [0.1, 0.15) is 11.5 Å². The first-order valence-corrected chi connectivity index (χ1v) is 18.7. The summed E-state index contributed by atoms with van der Waals surface area (Å²) in [4.78, 5) is 1.97. The SMILES string of the molecule is C=C(C)C(=C)Oc1ccc(C(=C)c2ccc(CCCCCCC(=C)c3cc(N)cc(N)c3)cc2)cc1.C=C/C=C\C=C(C)C.CC.CI. The summed E-state index contributed by atoms with van der Waals surface area (Å²) in [5, 5.41) is 0. The molecule has 4 N–H and O–H groups in total. The fraction of sp³-hybridized carbons (Fsp3) is 0.273. The largest absolute Gasteiger partial charge is 0.458 e. The molecule has 0 saturated carbocycles. The van der Waals surface area contributed by atoms with Crippen LogP contribution in [-0.4, -0.2) is 4.93 Å². The second kappa shape index (κ2) is 26.0. The molecule has 258 valence electrons. The summed E-state index contributed by atoms with van der Waals surface area (Å²) in [5.74, 6) is 1.32. The Bertz CT molecular complexity index is 1470. The lowest BCUT2D eigenvalue weighted by Crippen LogP contribution is -1.94. The zero-order valence-electron chi connectivity index (χ0n) is 30.4. The minimum Gasteiger partial charge on any atom is -0.458 e. The smallest absolute Gasteiger partial charge is 0.127 e. The van der Waals surface area contributed by atoms with E-state index in [1.165, 1.54) is 30.4 Å². The number of hydrogen-bond acceptors (Lipinski definition) is 3. The predicted molar refractivity (Wildman–Crippen MR) is 227 cm³/mol. The van der Waals surface area contributed by atoms with Crippen molar-refractivity contribution in [1.82, 2.24) is 0 Å². The maximum Gasteiger partial charge on any atom is 0.127 e. The third-order valence-corrected chi connectivity index (χ3v) is 6.98. The van der Waals surface area contributed by atoms with Gasteiger partial charge in [0.2, 0.25) is 0 Å². The van der Waals surface area contributed by atoms with Crippen LogP contribution in [0.4, 0.5) is 11.4 Å². The van der Waals surface area contributed by atoms with Crippen LogP contribution in [0.15, 0.2) is 141 Å². The third kappa shape index (κ3) is 18.3. The first-order chi connectivity index (χ1) is 23.0. The van der Waals surface area contributed by atoms with E-state index in [9.17, 15) is 0 Å². The van der Waals surface area contributed by atoms with E-state index in [0.29, 0.717) is 17.1 Å². The first kappa shape index (κ1) is 44.0. The molecule has 0 bridgehead atoms. The minimum absolute atomic E-state index is 0.575. The van der Waals surface area contributed by atoms with E-state index < -0.39 is 0 Å². The molecule has 48 heavy (non-hydrogen) atoms. The maximum atomic E-state index is 5.89. The molecular formula is C44H59IN2O. The van der Waals surface area contributed by atoms with Crippen molar-refractivity contribution in [3.05, 3.63) is 163 Å². The zero-order chi connectivity index (χ0) is 36.5. The topological polar surface area (TPSA) is 61.3 Å². The molecule has 0 aliphatic heterocycles. The average Bonchev–Trinajstić information content (AvgIpc) is 3.08. The van der Waals surface area contributed by atoms with Crippen molar-refractivity contribution in [3.8, 4) is 5.75 Å². The number of alkyl halides is 1. The number of allylic oxidation sites excluding steroid dienone is 7. The first-order valence-electron chi connectivity index (χ1n) is 16.6. The van der Waals surface area contributed by atoms with Gasteiger partial charge in [0.15, 0.2) is 0 Å². The van der Waals surface area contributed by atoms with Crippen LogP contribution < -0.4 is 16.2 Å². The summed E-state index contributed by atoms with van der Waals surface area (Å²) in [6.07, 6.45) is 14.4. The van der Waals surface area contributed by atoms with Gasteiger partial charge in [-0.1, -0.05) is 148 Å². The van der Waals surface area contributed by atoms with E-state index in [1.807, 2.05) is 80.3 Å². The van der Waals surface area contributed by atoms with Gasteiger partial charge in [-0.3, -0.25) is 0 Å². The molecule has 4 heteroatoms. The molecule has 0 aromatic heterocycles. The van der Waals surface area contributed by atoms with E-state index >= 15 is 0 Å². The summed E-state index contributed by atoms with van der Waals surface area (Å²) in [7, 11) is 0. The molecule has 0 atom stereocenters. The highest BCUT2D eigenvalue weighted by Gasteiger charge is 2.06. The number of nitrogens with two attached hydrogens (primary N) is 2. The lowest BCUT2D eigenvalue weighted by Gasteiger charge is -2.11. The Labute approximate surface area is 306 Å². The molecule has 3 nitrogen and oxygen atoms in total. The summed E-state index contributed by atoms with van der Waals surface area (Å²) >= 11 is 2.15. The Morgan fingerprint density at radius 2 is 1.23 bits per heavy atom. The van der Waals surface area contributed by atoms with E-state index in [4.69, 9.17) is 16.2 Å². The lowest BCUT2D eigenvalue weighted by molar-refractivity contribution is 0.439. The number of ether oxygens (including phenoxy) is 1. The van der Waals surface area contributed by atoms with E-state index in [-0.39, 0.29) is 0 Å². The molecule has 0 radical (unpaired) electrons. The normalized spacial score (nSPS) is 9.73. The van der Waals surface area contributed by atoms with Gasteiger partial charge in [-0.15, -0.1) is 0 Å². The Morgan fingerprint density at radius 1 is 0.708 bits per heavy atom. The summed E-state index contributed by atoms with van der Waals surface area (Å²) in [5.41, 5.74) is 22.0. The molecule has 0 spiro atoms. The second-order valence-corrected chi connectivity index (χ2v) is 11.3. The molecule has 0 fully saturated rings. The van der Waals surface area contributed by atoms with Crippen molar-refractivity contribution in [2.24, 2.45) is 0 Å². The Balaban J connectivity index is 0.00000159. The second-order valence-electron chi connectivity index (χ2n) is 11.3. The summed E-state index contributed by atoms with van der Waals surface area (Å²) < 4.78 is 5.70. The van der Waals surface area contributed by atoms with Crippen LogP contribution in [0.25, 0.3) is 11.1 Å². The van der Waals surface area contributed by atoms with Crippen LogP contribution in [0.1, 0.15) is 89.0 Å². The van der Waals surface area contributed by atoms with Gasteiger partial charge in [0.05, 0.1) is 0 Å². The Morgan fingerprint density at radius 3 is 1.73 bits per heavy atom. The minimum atomic E-state index is 0.575. The number of halogens is 1. The average molecular weight is 759 g/mol. The lowest BCUT2D eigenvalue weighted by atomic mass is 9.97. The van der Waals surface area contributed by atoms with Crippen LogP contribution in [0.2, 0.25) is 0 Å². The Hall–Kier alpha value is -4.03. The summed E-state index contributed by atoms with van der Waals surface area (Å²) in [6.45, 7) is 29.8. The van der Waals surface area contributed by atoms with Gasteiger partial charge in [-0.25, -0.2) is 0 Å². The van der Waals surface area contributed by atoms with Crippen molar-refractivity contribution in [3.63, 3.8) is 0 Å². The molecule has 3 aromatic carbocycles. The molecule has 0 aliphatic rings. The number of unbranched alkanes of at least 4 members (excludes halogenated alkanes) is 3. The fourth-order valence-corrected chi connectivity index (χ4v) is 4.37. The number of hydrogen-bond donors (Lipinski definition) is 2. The van der Waals surface area contributed by atoms with E-state index in [0.717, 1.165) is 58.4 Å². The standard InChI is InChI=1S/C33H38N2O.C8H12.C2H6.CH3I/c1-23(2)26(5)36-33-18-16-29(17-19-33)25(4)28-14-12-27(13-15-28)11-9-7-6-8-10-24(3)30-20-31(34)22-32(35)21-30;1-4-5-6-7-8(2)3;2*1-2/h12-22H,1,3-11,34-35H2,2H3;4-7H,1H2,2-3H3;1-2H3;1H3/b;6-5-;;. The van der Waals surface area contributed by atoms with Crippen molar-refractivity contribution < 1.29 is 4.74 Å². The maximum absolute atomic E-state index is 5.89. The van der Waals surface area contributed by atoms with Crippen molar-refractivity contribution in [2.45, 2.75) is 73.1 Å². The van der Waals surface area contributed by atoms with Gasteiger partial charge in [-0.2, -0.15) is 0 Å².